The van der Waals surface area contributed by atoms with Crippen molar-refractivity contribution < 1.29 is 17.7 Å². The zero-order valence-electron chi connectivity index (χ0n) is 20.2. The Morgan fingerprint density at radius 2 is 1.94 bits per heavy atom. The van der Waals surface area contributed by atoms with E-state index in [-0.39, 0.29) is 17.6 Å². The summed E-state index contributed by atoms with van der Waals surface area (Å²) in [5.74, 6) is 0.100. The average molecular weight is 489 g/mol. The van der Waals surface area contributed by atoms with Crippen molar-refractivity contribution in [3.05, 3.63) is 93.3 Å². The number of allylic oxidation sites excluding steroid dienone is 5. The highest BCUT2D eigenvalue weighted by Crippen LogP contribution is 2.37. The lowest BCUT2D eigenvalue weighted by atomic mass is 9.77. The Hall–Kier alpha value is -3.29. The number of hydrogen-bond donors (Lipinski definition) is 2. The first-order valence-electron chi connectivity index (χ1n) is 11.9. The maximum Gasteiger partial charge on any atom is 0.187 e. The fourth-order valence-electron chi connectivity index (χ4n) is 5.40. The van der Waals surface area contributed by atoms with Crippen LogP contribution < -0.4 is 15.8 Å². The lowest BCUT2D eigenvalue weighted by molar-refractivity contribution is -0.895. The van der Waals surface area contributed by atoms with Crippen molar-refractivity contribution in [3.63, 3.8) is 0 Å². The Labute approximate surface area is 207 Å². The van der Waals surface area contributed by atoms with Crippen molar-refractivity contribution in [3.8, 4) is 0 Å². The van der Waals surface area contributed by atoms with Crippen LogP contribution >= 0.6 is 0 Å². The first-order valence-corrected chi connectivity index (χ1v) is 13.2. The normalized spacial score (nSPS) is 21.0. The van der Waals surface area contributed by atoms with E-state index in [1.54, 1.807) is 18.5 Å². The molecule has 1 aliphatic heterocycles. The molecule has 7 heteroatoms. The molecule has 35 heavy (non-hydrogen) atoms. The number of hydrogen-bond acceptors (Lipinski definition) is 5. The van der Waals surface area contributed by atoms with Crippen molar-refractivity contribution in [1.29, 1.82) is 0 Å². The first kappa shape index (κ1) is 23.5. The first-order chi connectivity index (χ1) is 16.8. The molecule has 0 amide bonds. The number of aliphatic imine (C=N–C) groups is 1. The molecule has 5 rings (SSSR count). The van der Waals surface area contributed by atoms with Gasteiger partial charge in [-0.05, 0) is 64.6 Å². The monoisotopic (exact) mass is 488 g/mol. The minimum absolute atomic E-state index is 0.000309. The summed E-state index contributed by atoms with van der Waals surface area (Å²) < 4.78 is 23.2. The smallest absolute Gasteiger partial charge is 0.187 e. The van der Waals surface area contributed by atoms with Crippen molar-refractivity contribution in [2.24, 2.45) is 4.99 Å². The van der Waals surface area contributed by atoms with E-state index < -0.39 is 10.7 Å². The predicted octanol–water partition coefficient (Wildman–Crippen LogP) is 2.18. The third-order valence-electron chi connectivity index (χ3n) is 6.97. The lowest BCUT2D eigenvalue weighted by Gasteiger charge is -2.36. The second-order valence-electron chi connectivity index (χ2n) is 10.1. The summed E-state index contributed by atoms with van der Waals surface area (Å²) in [6.07, 6.45) is 17.5. The molecule has 1 atom stereocenters. The number of thiol groups is 1. The summed E-state index contributed by atoms with van der Waals surface area (Å²) in [6.45, 7) is 0. The minimum Gasteiger partial charge on any atom is -0.360 e. The number of carbonyl (C=O) groups excluding carboxylic acids is 1. The van der Waals surface area contributed by atoms with Crippen LogP contribution in [0.1, 0.15) is 41.2 Å². The molecule has 1 N–H and O–H groups in total. The summed E-state index contributed by atoms with van der Waals surface area (Å²) in [5.41, 5.74) is 6.76. The molecule has 0 saturated carbocycles. The molecule has 1 aromatic rings. The molecule has 180 valence electrons. The number of rotatable bonds is 5. The lowest BCUT2D eigenvalue weighted by Crippen LogP contribution is -2.44. The van der Waals surface area contributed by atoms with Gasteiger partial charge in [0.2, 0.25) is 0 Å². The van der Waals surface area contributed by atoms with E-state index in [1.807, 2.05) is 18.4 Å². The van der Waals surface area contributed by atoms with Crippen LogP contribution in [0.3, 0.4) is 0 Å². The predicted molar refractivity (Wildman–Crippen MR) is 141 cm³/mol. The van der Waals surface area contributed by atoms with Gasteiger partial charge in [-0.15, -0.1) is 0 Å². The summed E-state index contributed by atoms with van der Waals surface area (Å²) >= 11 is 0. The van der Waals surface area contributed by atoms with Crippen molar-refractivity contribution in [1.82, 2.24) is 5.32 Å². The second-order valence-corrected chi connectivity index (χ2v) is 11.2. The minimum atomic E-state index is -2.46. The van der Waals surface area contributed by atoms with Crippen LogP contribution in [-0.2, 0) is 10.7 Å². The van der Waals surface area contributed by atoms with Crippen LogP contribution in [0.5, 0.6) is 0 Å². The largest absolute Gasteiger partial charge is 0.360 e. The van der Waals surface area contributed by atoms with Gasteiger partial charge in [0.05, 0.1) is 38.8 Å². The highest BCUT2D eigenvalue weighted by atomic mass is 32.2. The van der Waals surface area contributed by atoms with Gasteiger partial charge in [-0.3, -0.25) is 9.79 Å². The fraction of sp³-hybridized carbons (Fsp3) is 0.286. The summed E-state index contributed by atoms with van der Waals surface area (Å²) in [6, 6.07) is 4.15. The molecule has 6 nitrogen and oxygen atoms in total. The van der Waals surface area contributed by atoms with E-state index in [0.717, 1.165) is 56.8 Å². The Morgan fingerprint density at radius 1 is 1.14 bits per heavy atom. The molecule has 0 bridgehead atoms. The van der Waals surface area contributed by atoms with E-state index in [4.69, 9.17) is 0 Å². The van der Waals surface area contributed by atoms with Gasteiger partial charge in [0, 0.05) is 29.1 Å². The standard InChI is InChI=1S/C28H30N3O3S/c1-31(2,3)25-11-8-18(12-15-35(33)34)19-9-10-22-20-6-4-7-21(24-17-29-13-5-14-30-24)23(20)16-26(32)28(22)27(19)25/h5,7-11,13-14,16-17,25,30,35H,4,6,12,15H2,1-3H3/q+1. The number of fused-ring (bicyclic) bond motifs is 4. The van der Waals surface area contributed by atoms with Gasteiger partial charge in [0.1, 0.15) is 16.7 Å². The summed E-state index contributed by atoms with van der Waals surface area (Å²) in [4.78, 5) is 18.1. The maximum atomic E-state index is 13.8. The topological polar surface area (TPSA) is 75.6 Å². The molecule has 1 heterocycles. The SMILES string of the molecule is C[N+](C)(C)C1C=CC(CC[SH](=O)=O)=c2ccc3c(c21)C(=O)C=C1C(C2=CN=CC=CN2)=CCCC=31. The fourth-order valence-corrected chi connectivity index (χ4v) is 5.82. The summed E-state index contributed by atoms with van der Waals surface area (Å²) in [7, 11) is 3.91. The molecular formula is C28H30N3O3S+. The zero-order chi connectivity index (χ0) is 24.7. The highest BCUT2D eigenvalue weighted by molar-refractivity contribution is 7.72. The van der Waals surface area contributed by atoms with Crippen molar-refractivity contribution in [2.75, 3.05) is 26.9 Å². The van der Waals surface area contributed by atoms with Crippen LogP contribution in [0.4, 0.5) is 0 Å². The molecule has 0 radical (unpaired) electrons. The average Bonchev–Trinajstić information content (AvgIpc) is 3.10. The Morgan fingerprint density at radius 3 is 2.71 bits per heavy atom. The van der Waals surface area contributed by atoms with Crippen molar-refractivity contribution >= 4 is 33.8 Å². The molecule has 1 aromatic carbocycles. The Kier molecular flexibility index (Phi) is 6.07. The van der Waals surface area contributed by atoms with Gasteiger partial charge in [0.15, 0.2) is 5.78 Å². The van der Waals surface area contributed by atoms with Gasteiger partial charge in [0.25, 0.3) is 0 Å². The van der Waals surface area contributed by atoms with Crippen LogP contribution in [-0.4, -0.2) is 51.8 Å². The number of ketones is 1. The third kappa shape index (κ3) is 4.30. The number of benzene rings is 1. The van der Waals surface area contributed by atoms with E-state index in [2.05, 4.69) is 55.7 Å². The van der Waals surface area contributed by atoms with Gasteiger partial charge in [-0.25, -0.2) is 8.42 Å². The van der Waals surface area contributed by atoms with Gasteiger partial charge >= 0.3 is 0 Å². The van der Waals surface area contributed by atoms with Gasteiger partial charge < -0.3 is 9.80 Å². The number of nitrogens with one attached hydrogen (secondary N) is 1. The van der Waals surface area contributed by atoms with Gasteiger partial charge in [-0.1, -0.05) is 24.3 Å². The van der Waals surface area contributed by atoms with Crippen LogP contribution in [0.15, 0.2) is 76.7 Å². The van der Waals surface area contributed by atoms with E-state index >= 15 is 0 Å². The van der Waals surface area contributed by atoms with Crippen LogP contribution in [0.2, 0.25) is 0 Å². The van der Waals surface area contributed by atoms with E-state index in [1.165, 1.54) is 5.57 Å². The highest BCUT2D eigenvalue weighted by Gasteiger charge is 2.34. The molecule has 3 aliphatic carbocycles. The second kappa shape index (κ2) is 9.06. The number of quaternary nitrogens is 1. The van der Waals surface area contributed by atoms with Crippen LogP contribution in [0, 0.1) is 0 Å². The number of carbonyl (C=O) groups is 1. The maximum absolute atomic E-state index is 13.8. The molecule has 4 aliphatic rings. The zero-order valence-corrected chi connectivity index (χ0v) is 21.1. The quantitative estimate of drug-likeness (QED) is 0.492. The number of likely N-dealkylation sites (N-methyl/N-ethyl adjacent to an activating group) is 1. The van der Waals surface area contributed by atoms with E-state index in [0.29, 0.717) is 10.9 Å². The molecule has 0 aromatic heterocycles. The Balaban J connectivity index is 1.74. The van der Waals surface area contributed by atoms with E-state index in [9.17, 15) is 13.2 Å². The number of nitrogens with zero attached hydrogens (tertiary/aromatic N) is 2. The van der Waals surface area contributed by atoms with Crippen LogP contribution in [0.25, 0.3) is 11.1 Å². The summed E-state index contributed by atoms with van der Waals surface area (Å²) in [5, 5.41) is 5.27. The Bertz CT molecular complexity index is 1500. The molecule has 0 saturated heterocycles. The molecule has 0 fully saturated rings. The van der Waals surface area contributed by atoms with Crippen molar-refractivity contribution in [2.45, 2.75) is 25.3 Å². The molecule has 0 spiro atoms. The van der Waals surface area contributed by atoms with Gasteiger partial charge in [-0.2, -0.15) is 0 Å². The third-order valence-corrected chi connectivity index (χ3v) is 7.56. The molecular weight excluding hydrogens is 458 g/mol. The molecule has 1 unspecified atom stereocenters.